The van der Waals surface area contributed by atoms with E-state index in [1.54, 1.807) is 61.6 Å². The summed E-state index contributed by atoms with van der Waals surface area (Å²) < 4.78 is 19.0. The summed E-state index contributed by atoms with van der Waals surface area (Å²) in [5, 5.41) is 8.94. The van der Waals surface area contributed by atoms with Gasteiger partial charge in [0.1, 0.15) is 24.0 Å². The van der Waals surface area contributed by atoms with E-state index >= 15 is 0 Å². The lowest BCUT2D eigenvalue weighted by Crippen LogP contribution is -2.54. The van der Waals surface area contributed by atoms with Crippen LogP contribution in [0, 0.1) is 0 Å². The van der Waals surface area contributed by atoms with Gasteiger partial charge in [0.25, 0.3) is 23.6 Å². The summed E-state index contributed by atoms with van der Waals surface area (Å²) in [7, 11) is 3.46. The normalized spacial score (nSPS) is 16.9. The molecule has 0 radical (unpaired) electrons. The average Bonchev–Trinajstić information content (AvgIpc) is 3.93. The van der Waals surface area contributed by atoms with Gasteiger partial charge in [-0.05, 0) is 55.7 Å². The number of fused-ring (bicyclic) bond motifs is 2. The maximum atomic E-state index is 13.2. The van der Waals surface area contributed by atoms with Crippen molar-refractivity contribution in [2.45, 2.75) is 50.6 Å². The number of rotatable bonds is 16. The van der Waals surface area contributed by atoms with Crippen LogP contribution in [0.4, 0.5) is 11.6 Å². The Morgan fingerprint density at radius 1 is 0.912 bits per heavy atom. The van der Waals surface area contributed by atoms with Gasteiger partial charge in [0.05, 0.1) is 48.5 Å². The molecule has 1 unspecified atom stereocenters. The summed E-state index contributed by atoms with van der Waals surface area (Å²) in [6.45, 7) is 1.37. The van der Waals surface area contributed by atoms with Crippen molar-refractivity contribution in [3.63, 3.8) is 0 Å². The van der Waals surface area contributed by atoms with Crippen molar-refractivity contribution in [1.82, 2.24) is 35.0 Å². The van der Waals surface area contributed by atoms with Crippen molar-refractivity contribution in [2.75, 3.05) is 59.0 Å². The first-order chi connectivity index (χ1) is 27.6. The van der Waals surface area contributed by atoms with Crippen LogP contribution in [0.15, 0.2) is 54.9 Å². The van der Waals surface area contributed by atoms with Crippen molar-refractivity contribution < 1.29 is 43.0 Å². The molecule has 57 heavy (non-hydrogen) atoms. The lowest BCUT2D eigenvalue weighted by atomic mass is 10.0. The standard InChI is InChI=1S/C40H44N8O9/c1-46(2)37(52)29-23-47(26-6-3-4-7-26)34-28(29)22-42-40(45-34)43-25-12-10-24(11-13-25)35(50)41-16-17-55-18-19-56-20-21-57-31-9-5-8-27-33(31)39(54)48(38(27)53)30-14-15-32(49)44-36(30)51/h5,8-13,22-23,26,30H,3-4,6-7,14-21H2,1-2H3,(H,41,50)(H,42,43,45)(H,44,49,51). The molecule has 1 aliphatic carbocycles. The van der Waals surface area contributed by atoms with E-state index in [-0.39, 0.29) is 81.1 Å². The second-order valence-electron chi connectivity index (χ2n) is 14.2. The number of hydrogen-bond donors (Lipinski definition) is 3. The van der Waals surface area contributed by atoms with Crippen LogP contribution < -0.4 is 20.7 Å². The molecule has 17 nitrogen and oxygen atoms in total. The molecular weight excluding hydrogens is 736 g/mol. The third kappa shape index (κ3) is 8.49. The number of ether oxygens (including phenoxy) is 3. The topological polar surface area (TPSA) is 203 Å². The maximum Gasteiger partial charge on any atom is 0.266 e. The van der Waals surface area contributed by atoms with Gasteiger partial charge in [-0.3, -0.25) is 39.0 Å². The molecule has 1 saturated carbocycles. The Morgan fingerprint density at radius 2 is 1.65 bits per heavy atom. The SMILES string of the molecule is CN(C)C(=O)c1cn(C2CCCC2)c2nc(Nc3ccc(C(=O)NCCOCCOCCOc4cccc5c4C(=O)N(C4CCC(=O)NC4=O)C5=O)cc3)ncc12. The molecule has 7 rings (SSSR count). The zero-order valence-corrected chi connectivity index (χ0v) is 31.7. The van der Waals surface area contributed by atoms with Crippen molar-refractivity contribution in [2.24, 2.45) is 0 Å². The van der Waals surface area contributed by atoms with Crippen molar-refractivity contribution in [1.29, 1.82) is 0 Å². The highest BCUT2D eigenvalue weighted by molar-refractivity contribution is 6.24. The van der Waals surface area contributed by atoms with Crippen molar-refractivity contribution in [3.8, 4) is 5.75 Å². The Balaban J connectivity index is 0.808. The number of aromatic nitrogens is 3. The smallest absolute Gasteiger partial charge is 0.266 e. The summed E-state index contributed by atoms with van der Waals surface area (Å²) >= 11 is 0. The first-order valence-corrected chi connectivity index (χ1v) is 19.0. The third-order valence-corrected chi connectivity index (χ3v) is 10.1. The van der Waals surface area contributed by atoms with E-state index < -0.39 is 29.7 Å². The van der Waals surface area contributed by atoms with Gasteiger partial charge in [-0.15, -0.1) is 0 Å². The summed E-state index contributed by atoms with van der Waals surface area (Å²) in [6, 6.07) is 10.8. The number of anilines is 2. The van der Waals surface area contributed by atoms with Gasteiger partial charge in [0, 0.05) is 56.7 Å². The Kier molecular flexibility index (Phi) is 11.9. The molecule has 298 valence electrons. The first-order valence-electron chi connectivity index (χ1n) is 19.0. The van der Waals surface area contributed by atoms with E-state index in [0.29, 0.717) is 28.8 Å². The molecule has 0 bridgehead atoms. The highest BCUT2D eigenvalue weighted by Gasteiger charge is 2.46. The summed E-state index contributed by atoms with van der Waals surface area (Å²) in [5.74, 6) is -2.12. The Hall–Kier alpha value is -6.20. The fourth-order valence-electron chi connectivity index (χ4n) is 7.27. The zero-order chi connectivity index (χ0) is 40.1. The van der Waals surface area contributed by atoms with Crippen LogP contribution in [0.1, 0.15) is 86.0 Å². The predicted molar refractivity (Wildman–Crippen MR) is 205 cm³/mol. The number of amides is 6. The van der Waals surface area contributed by atoms with Gasteiger partial charge in [-0.25, -0.2) is 4.98 Å². The second-order valence-corrected chi connectivity index (χ2v) is 14.2. The number of nitrogens with zero attached hydrogens (tertiary/aromatic N) is 5. The quantitative estimate of drug-likeness (QED) is 0.111. The summed E-state index contributed by atoms with van der Waals surface area (Å²) in [5.41, 5.74) is 2.69. The largest absolute Gasteiger partial charge is 0.490 e. The monoisotopic (exact) mass is 780 g/mol. The number of piperidine rings is 1. The molecule has 2 fully saturated rings. The highest BCUT2D eigenvalue weighted by atomic mass is 16.5. The second kappa shape index (κ2) is 17.3. The molecule has 17 heteroatoms. The number of carbonyl (C=O) groups excluding carboxylic acids is 6. The molecule has 1 atom stereocenters. The number of carbonyl (C=O) groups is 6. The molecule has 4 aromatic rings. The zero-order valence-electron chi connectivity index (χ0n) is 31.7. The van der Waals surface area contributed by atoms with Crippen LogP contribution in [0.5, 0.6) is 5.75 Å². The summed E-state index contributed by atoms with van der Waals surface area (Å²) in [4.78, 5) is 87.4. The van der Waals surface area contributed by atoms with E-state index in [0.717, 1.165) is 41.6 Å². The summed E-state index contributed by atoms with van der Waals surface area (Å²) in [6.07, 6.45) is 8.07. The molecule has 2 aromatic carbocycles. The minimum atomic E-state index is -1.06. The van der Waals surface area contributed by atoms with Gasteiger partial charge < -0.3 is 34.3 Å². The molecule has 4 heterocycles. The van der Waals surface area contributed by atoms with Crippen LogP contribution in [-0.4, -0.2) is 119 Å². The number of benzene rings is 2. The molecule has 6 amide bonds. The molecule has 3 N–H and O–H groups in total. The predicted octanol–water partition coefficient (Wildman–Crippen LogP) is 3.24. The minimum Gasteiger partial charge on any atom is -0.490 e. The van der Waals surface area contributed by atoms with E-state index in [4.69, 9.17) is 19.2 Å². The molecule has 3 aliphatic rings. The molecule has 2 aromatic heterocycles. The number of nitrogens with one attached hydrogen (secondary N) is 3. The average molecular weight is 781 g/mol. The third-order valence-electron chi connectivity index (χ3n) is 10.1. The lowest BCUT2D eigenvalue weighted by Gasteiger charge is -2.27. The van der Waals surface area contributed by atoms with Crippen molar-refractivity contribution >= 4 is 58.1 Å². The number of hydrogen-bond acceptors (Lipinski definition) is 12. The van der Waals surface area contributed by atoms with Gasteiger partial charge in [-0.2, -0.15) is 4.98 Å². The van der Waals surface area contributed by atoms with Crippen LogP contribution >= 0.6 is 0 Å². The fourth-order valence-corrected chi connectivity index (χ4v) is 7.27. The molecule has 0 spiro atoms. The molecular formula is C40H44N8O9. The van der Waals surface area contributed by atoms with E-state index in [2.05, 4.69) is 25.5 Å². The lowest BCUT2D eigenvalue weighted by molar-refractivity contribution is -0.136. The Morgan fingerprint density at radius 3 is 2.39 bits per heavy atom. The molecule has 2 aliphatic heterocycles. The van der Waals surface area contributed by atoms with Crippen LogP contribution in [-0.2, 0) is 19.1 Å². The Labute approximate surface area is 328 Å². The van der Waals surface area contributed by atoms with Crippen molar-refractivity contribution in [3.05, 3.63) is 77.1 Å². The van der Waals surface area contributed by atoms with E-state index in [9.17, 15) is 28.8 Å². The van der Waals surface area contributed by atoms with Gasteiger partial charge >= 0.3 is 0 Å². The maximum absolute atomic E-state index is 13.2. The number of imide groups is 2. The fraction of sp³-hybridized carbons (Fsp3) is 0.400. The van der Waals surface area contributed by atoms with Gasteiger partial charge in [0.2, 0.25) is 17.8 Å². The molecule has 1 saturated heterocycles. The Bertz CT molecular complexity index is 2200. The van der Waals surface area contributed by atoms with Crippen LogP contribution in [0.3, 0.4) is 0 Å². The first kappa shape index (κ1) is 39.1. The van der Waals surface area contributed by atoms with Crippen LogP contribution in [0.25, 0.3) is 11.0 Å². The van der Waals surface area contributed by atoms with E-state index in [1.165, 1.54) is 6.07 Å². The minimum absolute atomic E-state index is 0.0354. The van der Waals surface area contributed by atoms with Gasteiger partial charge in [-0.1, -0.05) is 18.9 Å². The van der Waals surface area contributed by atoms with Gasteiger partial charge in [0.15, 0.2) is 0 Å². The highest BCUT2D eigenvalue weighted by Crippen LogP contribution is 2.35. The van der Waals surface area contributed by atoms with Crippen LogP contribution in [0.2, 0.25) is 0 Å². The van der Waals surface area contributed by atoms with E-state index in [1.807, 2.05) is 6.20 Å².